The van der Waals surface area contributed by atoms with Crippen LogP contribution in [0.2, 0.25) is 0 Å². The van der Waals surface area contributed by atoms with Crippen LogP contribution in [0.25, 0.3) is 0 Å². The fourth-order valence-corrected chi connectivity index (χ4v) is 6.30. The number of nitrogens with zero attached hydrogens (tertiary/aromatic N) is 2. The van der Waals surface area contributed by atoms with E-state index in [1.807, 2.05) is 22.6 Å². The first kappa shape index (κ1) is 15.2. The fourth-order valence-electron chi connectivity index (χ4n) is 2.30. The smallest absolute Gasteiger partial charge is 0.331 e. The summed E-state index contributed by atoms with van der Waals surface area (Å²) >= 11 is 5.15. The molecule has 0 N–H and O–H groups in total. The monoisotopic (exact) mass is 460 g/mol. The van der Waals surface area contributed by atoms with Crippen molar-refractivity contribution in [2.75, 3.05) is 6.61 Å². The van der Waals surface area contributed by atoms with Gasteiger partial charge in [-0.2, -0.15) is 5.26 Å². The van der Waals surface area contributed by atoms with E-state index >= 15 is 0 Å². The Balaban J connectivity index is 2.35. The predicted octanol–water partition coefficient (Wildman–Crippen LogP) is 0.657. The third-order valence-corrected chi connectivity index (χ3v) is 8.04. The molecule has 0 aromatic rings. The van der Waals surface area contributed by atoms with Crippen molar-refractivity contribution in [1.29, 1.82) is 5.26 Å². The Hall–Kier alpha value is -0.210. The first-order valence-corrected chi connectivity index (χ1v) is 8.40. The van der Waals surface area contributed by atoms with Crippen molar-refractivity contribution >= 4 is 61.2 Å². The van der Waals surface area contributed by atoms with Crippen LogP contribution in [-0.4, -0.2) is 46.1 Å². The third kappa shape index (κ3) is 1.94. The Morgan fingerprint density at radius 2 is 2.26 bits per heavy atom. The molecule has 2 aliphatic heterocycles. The second kappa shape index (κ2) is 4.66. The molecule has 0 saturated carbocycles. The number of nitriles is 1. The minimum absolute atomic E-state index is 0.295. The summed E-state index contributed by atoms with van der Waals surface area (Å²) in [7, 11) is -1.40. The van der Waals surface area contributed by atoms with E-state index in [1.54, 1.807) is 19.9 Å². The summed E-state index contributed by atoms with van der Waals surface area (Å²) in [5.74, 6) is -0.980. The summed E-state index contributed by atoms with van der Waals surface area (Å²) in [4.78, 5) is 25.3. The van der Waals surface area contributed by atoms with E-state index in [-0.39, 0.29) is 12.5 Å². The van der Waals surface area contributed by atoms with Crippen molar-refractivity contribution in [1.82, 2.24) is 4.90 Å². The van der Waals surface area contributed by atoms with Gasteiger partial charge < -0.3 is 9.64 Å². The van der Waals surface area contributed by atoms with E-state index in [9.17, 15) is 13.8 Å². The van der Waals surface area contributed by atoms with E-state index in [4.69, 9.17) is 10.00 Å². The van der Waals surface area contributed by atoms with Gasteiger partial charge in [-0.3, -0.25) is 9.00 Å². The van der Waals surface area contributed by atoms with Crippen LogP contribution in [0.3, 0.4) is 0 Å². The lowest BCUT2D eigenvalue weighted by Gasteiger charge is -2.46. The second-order valence-corrected chi connectivity index (χ2v) is 11.3. The van der Waals surface area contributed by atoms with Gasteiger partial charge in [0.05, 0.1) is 15.5 Å². The van der Waals surface area contributed by atoms with E-state index < -0.39 is 35.3 Å². The molecule has 2 rings (SSSR count). The number of alkyl halides is 2. The zero-order chi connectivity index (χ0) is 14.6. The first-order chi connectivity index (χ1) is 8.67. The topological polar surface area (TPSA) is 87.5 Å². The van der Waals surface area contributed by atoms with Gasteiger partial charge in [-0.25, -0.2) is 4.79 Å². The molecule has 0 spiro atoms. The molecule has 2 fully saturated rings. The van der Waals surface area contributed by atoms with Gasteiger partial charge >= 0.3 is 5.97 Å². The van der Waals surface area contributed by atoms with Gasteiger partial charge in [0.1, 0.15) is 17.5 Å². The van der Waals surface area contributed by atoms with Gasteiger partial charge in [0.2, 0.25) is 0 Å². The Morgan fingerprint density at radius 1 is 1.68 bits per heavy atom. The first-order valence-electron chi connectivity index (χ1n) is 5.32. The highest BCUT2D eigenvalue weighted by Crippen LogP contribution is 2.55. The van der Waals surface area contributed by atoms with Crippen molar-refractivity contribution in [3.63, 3.8) is 0 Å². The number of halogens is 2. The average molecular weight is 461 g/mol. The number of carbonyl (C=O) groups is 2. The summed E-state index contributed by atoms with van der Waals surface area (Å²) < 4.78 is 15.4. The SMILES string of the molecule is CC1(C)[C@H](C(=O)OCC#N)N2C(=O)C(Br)(I)[C@H]2S1=O. The number of β-lactam (4-membered cyclic amide) rings is 1. The Morgan fingerprint density at radius 3 is 2.79 bits per heavy atom. The highest BCUT2D eigenvalue weighted by molar-refractivity contribution is 14.1. The zero-order valence-corrected chi connectivity index (χ0v) is 14.6. The molecule has 2 heterocycles. The van der Waals surface area contributed by atoms with Crippen LogP contribution >= 0.6 is 38.5 Å². The molecule has 6 nitrogen and oxygen atoms in total. The van der Waals surface area contributed by atoms with Crippen LogP contribution in [0.4, 0.5) is 0 Å². The summed E-state index contributed by atoms with van der Waals surface area (Å²) in [6, 6.07) is 0.782. The maximum absolute atomic E-state index is 12.4. The summed E-state index contributed by atoms with van der Waals surface area (Å²) in [5.41, 5.74) is 0. The van der Waals surface area contributed by atoms with Crippen molar-refractivity contribution in [3.05, 3.63) is 0 Å². The van der Waals surface area contributed by atoms with Gasteiger partial charge in [-0.15, -0.1) is 0 Å². The number of carbonyl (C=O) groups excluding carboxylic acids is 2. The van der Waals surface area contributed by atoms with Crippen molar-refractivity contribution in [2.24, 2.45) is 0 Å². The molecule has 4 atom stereocenters. The average Bonchev–Trinajstić information content (AvgIpc) is 2.53. The summed E-state index contributed by atoms with van der Waals surface area (Å²) in [6.07, 6.45) is 0. The molecule has 0 aliphatic carbocycles. The summed E-state index contributed by atoms with van der Waals surface area (Å²) in [5, 5.41) is 7.87. The van der Waals surface area contributed by atoms with Gasteiger partial charge in [0.25, 0.3) is 5.91 Å². The number of ether oxygens (including phenoxy) is 1. The molecule has 2 saturated heterocycles. The van der Waals surface area contributed by atoms with Crippen LogP contribution < -0.4 is 0 Å². The van der Waals surface area contributed by atoms with E-state index in [0.717, 1.165) is 0 Å². The maximum atomic E-state index is 12.4. The van der Waals surface area contributed by atoms with E-state index in [0.29, 0.717) is 0 Å². The van der Waals surface area contributed by atoms with Gasteiger partial charge in [0, 0.05) is 0 Å². The molecule has 9 heteroatoms. The van der Waals surface area contributed by atoms with Crippen LogP contribution in [-0.2, 0) is 25.1 Å². The second-order valence-electron chi connectivity index (χ2n) is 4.76. The van der Waals surface area contributed by atoms with Gasteiger partial charge in [-0.05, 0) is 13.8 Å². The Labute approximate surface area is 134 Å². The van der Waals surface area contributed by atoms with Crippen molar-refractivity contribution < 1.29 is 18.5 Å². The molecular weight excluding hydrogens is 451 g/mol. The van der Waals surface area contributed by atoms with Crippen LogP contribution in [0.5, 0.6) is 0 Å². The largest absolute Gasteiger partial charge is 0.449 e. The Bertz CT molecular complexity index is 530. The quantitative estimate of drug-likeness (QED) is 0.261. The standard InChI is InChI=1S/C10H10BrIN2O4S/c1-9(2)5(6(15)18-4-3-13)14-7(16)10(11,12)8(14)19(9)17/h5,8H,4H2,1-2H3/t5-,8+,10?,19?/m0/s1. The van der Waals surface area contributed by atoms with Gasteiger partial charge in [-0.1, -0.05) is 38.5 Å². The lowest BCUT2D eigenvalue weighted by Crippen LogP contribution is -2.69. The predicted molar refractivity (Wildman–Crippen MR) is 78.9 cm³/mol. The highest BCUT2D eigenvalue weighted by atomic mass is 127. The minimum Gasteiger partial charge on any atom is -0.449 e. The number of fused-ring (bicyclic) bond motifs is 1. The van der Waals surface area contributed by atoms with Gasteiger partial charge in [0.15, 0.2) is 8.94 Å². The highest BCUT2D eigenvalue weighted by Gasteiger charge is 2.73. The molecule has 0 bridgehead atoms. The molecule has 19 heavy (non-hydrogen) atoms. The lowest BCUT2D eigenvalue weighted by atomic mass is 9.98. The number of hydrogen-bond donors (Lipinski definition) is 0. The zero-order valence-electron chi connectivity index (χ0n) is 10.1. The molecule has 2 unspecified atom stereocenters. The van der Waals surface area contributed by atoms with E-state index in [1.165, 1.54) is 4.90 Å². The van der Waals surface area contributed by atoms with Crippen molar-refractivity contribution in [2.45, 2.75) is 32.3 Å². The number of esters is 1. The number of hydrogen-bond acceptors (Lipinski definition) is 5. The molecule has 104 valence electrons. The van der Waals surface area contributed by atoms with Crippen LogP contribution in [0.15, 0.2) is 0 Å². The lowest BCUT2D eigenvalue weighted by molar-refractivity contribution is -0.160. The van der Waals surface area contributed by atoms with Crippen LogP contribution in [0, 0.1) is 11.3 Å². The number of amides is 1. The minimum atomic E-state index is -1.40. The normalized spacial score (nSPS) is 39.2. The molecule has 1 amide bonds. The van der Waals surface area contributed by atoms with E-state index in [2.05, 4.69) is 15.9 Å². The Kier molecular flexibility index (Phi) is 3.73. The summed E-state index contributed by atoms with van der Waals surface area (Å²) in [6.45, 7) is 2.94. The molecule has 0 aromatic carbocycles. The molecule has 0 aromatic heterocycles. The molecule has 2 aliphatic rings. The maximum Gasteiger partial charge on any atom is 0.331 e. The third-order valence-electron chi connectivity index (χ3n) is 3.24. The molecule has 0 radical (unpaired) electrons. The number of rotatable bonds is 2. The fraction of sp³-hybridized carbons (Fsp3) is 0.700. The van der Waals surface area contributed by atoms with Crippen LogP contribution in [0.1, 0.15) is 13.8 Å². The molecular formula is C10H10BrIN2O4S. The van der Waals surface area contributed by atoms with Crippen molar-refractivity contribution in [3.8, 4) is 6.07 Å².